The summed E-state index contributed by atoms with van der Waals surface area (Å²) in [6.07, 6.45) is 0. The summed E-state index contributed by atoms with van der Waals surface area (Å²) in [6, 6.07) is 7.00. The van der Waals surface area contributed by atoms with Gasteiger partial charge in [-0.25, -0.2) is 9.18 Å². The van der Waals surface area contributed by atoms with Gasteiger partial charge < -0.3 is 14.0 Å². The Bertz CT molecular complexity index is 651. The van der Waals surface area contributed by atoms with Gasteiger partial charge in [-0.15, -0.1) is 0 Å². The van der Waals surface area contributed by atoms with E-state index < -0.39 is 12.6 Å². The van der Waals surface area contributed by atoms with Crippen molar-refractivity contribution in [3.8, 4) is 17.0 Å². The number of nitrogens with zero attached hydrogens (tertiary/aromatic N) is 1. The fourth-order valence-electron chi connectivity index (χ4n) is 1.96. The molecule has 0 aliphatic carbocycles. The molecule has 0 amide bonds. The van der Waals surface area contributed by atoms with Crippen LogP contribution in [0.15, 0.2) is 28.8 Å². The van der Waals surface area contributed by atoms with Crippen LogP contribution in [-0.4, -0.2) is 24.8 Å². The van der Waals surface area contributed by atoms with E-state index in [1.165, 1.54) is 7.11 Å². The lowest BCUT2D eigenvalue weighted by atomic mass is 10.1. The first-order chi connectivity index (χ1) is 10.6. The second kappa shape index (κ2) is 7.06. The third-order valence-corrected chi connectivity index (χ3v) is 3.00. The third kappa shape index (κ3) is 3.27. The van der Waals surface area contributed by atoms with Crippen LogP contribution >= 0.6 is 0 Å². The van der Waals surface area contributed by atoms with Crippen LogP contribution in [-0.2, 0) is 11.4 Å². The number of benzene rings is 1. The van der Waals surface area contributed by atoms with Gasteiger partial charge in [0.15, 0.2) is 12.4 Å². The highest BCUT2D eigenvalue weighted by molar-refractivity contribution is 5.97. The van der Waals surface area contributed by atoms with Gasteiger partial charge in [0.25, 0.3) is 0 Å². The summed E-state index contributed by atoms with van der Waals surface area (Å²) in [7, 11) is 1.51. The molecule has 1 aromatic carbocycles. The van der Waals surface area contributed by atoms with Crippen molar-refractivity contribution in [2.24, 2.45) is 5.92 Å². The van der Waals surface area contributed by atoms with Crippen molar-refractivity contribution in [2.45, 2.75) is 20.5 Å². The molecule has 1 heterocycles. The first kappa shape index (κ1) is 16.0. The second-order valence-corrected chi connectivity index (χ2v) is 5.16. The van der Waals surface area contributed by atoms with Crippen LogP contribution in [0.5, 0.6) is 5.75 Å². The summed E-state index contributed by atoms with van der Waals surface area (Å²) in [6.45, 7) is 3.13. The van der Waals surface area contributed by atoms with Crippen molar-refractivity contribution < 1.29 is 23.2 Å². The summed E-state index contributed by atoms with van der Waals surface area (Å²) >= 11 is 0. The fourth-order valence-corrected chi connectivity index (χ4v) is 1.96. The largest absolute Gasteiger partial charge is 0.496 e. The predicted octanol–water partition coefficient (Wildman–Crippen LogP) is 3.63. The van der Waals surface area contributed by atoms with Crippen LogP contribution in [0, 0.1) is 5.92 Å². The summed E-state index contributed by atoms with van der Waals surface area (Å²) < 4.78 is 28.5. The molecule has 0 unspecified atom stereocenters. The minimum atomic E-state index is -0.936. The number of aromatic nitrogens is 1. The van der Waals surface area contributed by atoms with Gasteiger partial charge in [-0.1, -0.05) is 31.1 Å². The molecule has 5 nitrogen and oxygen atoms in total. The molecule has 0 N–H and O–H groups in total. The molecule has 0 saturated carbocycles. The van der Waals surface area contributed by atoms with Gasteiger partial charge in [0.2, 0.25) is 0 Å². The molecule has 0 fully saturated rings. The molecule has 6 heteroatoms. The molecule has 22 heavy (non-hydrogen) atoms. The highest BCUT2D eigenvalue weighted by Crippen LogP contribution is 2.33. The summed E-state index contributed by atoms with van der Waals surface area (Å²) in [5.41, 5.74) is 0.774. The van der Waals surface area contributed by atoms with E-state index in [9.17, 15) is 9.18 Å². The topological polar surface area (TPSA) is 61.6 Å². The molecule has 0 saturated heterocycles. The first-order valence-electron chi connectivity index (χ1n) is 6.93. The van der Waals surface area contributed by atoms with Crippen LogP contribution in [0.1, 0.15) is 30.0 Å². The van der Waals surface area contributed by atoms with Gasteiger partial charge in [-0.05, 0) is 18.1 Å². The van der Waals surface area contributed by atoms with E-state index in [4.69, 9.17) is 14.0 Å². The highest BCUT2D eigenvalue weighted by atomic mass is 19.1. The molecule has 0 aliphatic rings. The number of halogens is 1. The Hall–Kier alpha value is -2.37. The van der Waals surface area contributed by atoms with Crippen molar-refractivity contribution in [1.29, 1.82) is 0 Å². The van der Waals surface area contributed by atoms with Crippen LogP contribution in [0.4, 0.5) is 4.39 Å². The van der Waals surface area contributed by atoms with Crippen LogP contribution < -0.4 is 4.74 Å². The summed E-state index contributed by atoms with van der Waals surface area (Å²) in [4.78, 5) is 12.3. The molecule has 0 bridgehead atoms. The Morgan fingerprint density at radius 3 is 2.73 bits per heavy atom. The Labute approximate surface area is 128 Å². The molecule has 0 spiro atoms. The lowest BCUT2D eigenvalue weighted by Gasteiger charge is -2.09. The molecular weight excluding hydrogens is 289 g/mol. The molecule has 118 valence electrons. The van der Waals surface area contributed by atoms with Crippen LogP contribution in [0.25, 0.3) is 11.3 Å². The van der Waals surface area contributed by atoms with Gasteiger partial charge in [-0.2, -0.15) is 0 Å². The number of esters is 1. The van der Waals surface area contributed by atoms with Crippen molar-refractivity contribution in [3.05, 3.63) is 35.6 Å². The van der Waals surface area contributed by atoms with Crippen molar-refractivity contribution in [1.82, 2.24) is 5.16 Å². The van der Waals surface area contributed by atoms with Crippen molar-refractivity contribution in [3.63, 3.8) is 0 Å². The maximum atomic E-state index is 13.1. The van der Waals surface area contributed by atoms with E-state index in [1.807, 2.05) is 13.8 Å². The Balaban J connectivity index is 2.45. The van der Waals surface area contributed by atoms with E-state index in [-0.39, 0.29) is 29.5 Å². The highest BCUT2D eigenvalue weighted by Gasteiger charge is 2.27. The quantitative estimate of drug-likeness (QED) is 0.763. The van der Waals surface area contributed by atoms with Crippen LogP contribution in [0.2, 0.25) is 0 Å². The summed E-state index contributed by atoms with van der Waals surface area (Å²) in [5, 5.41) is 3.82. The molecule has 1 aromatic heterocycles. The minimum Gasteiger partial charge on any atom is -0.496 e. The normalized spacial score (nSPS) is 10.8. The average Bonchev–Trinajstić information content (AvgIpc) is 2.96. The number of rotatable bonds is 6. The number of carbonyl (C=O) groups is 1. The zero-order valence-corrected chi connectivity index (χ0v) is 12.8. The fraction of sp³-hybridized carbons (Fsp3) is 0.375. The standard InChI is InChI=1S/C16H18FNO4/c1-10(2)9-21-16(19)14-13(8-17)22-18-15(14)11-6-4-5-7-12(11)20-3/h4-7,10H,8-9H2,1-3H3. The van der Waals surface area contributed by atoms with E-state index in [0.717, 1.165) is 0 Å². The predicted molar refractivity (Wildman–Crippen MR) is 78.4 cm³/mol. The van der Waals surface area contributed by atoms with E-state index >= 15 is 0 Å². The maximum absolute atomic E-state index is 13.1. The van der Waals surface area contributed by atoms with E-state index in [2.05, 4.69) is 5.16 Å². The van der Waals surface area contributed by atoms with Gasteiger partial charge in [-0.3, -0.25) is 0 Å². The van der Waals surface area contributed by atoms with Gasteiger partial charge in [0.1, 0.15) is 17.0 Å². The molecule has 2 aromatic rings. The Morgan fingerprint density at radius 1 is 1.36 bits per heavy atom. The Kier molecular flexibility index (Phi) is 5.14. The number of alkyl halides is 1. The summed E-state index contributed by atoms with van der Waals surface area (Å²) in [5.74, 6) is -0.107. The molecule has 0 aliphatic heterocycles. The molecule has 2 rings (SSSR count). The van der Waals surface area contributed by atoms with Gasteiger partial charge >= 0.3 is 5.97 Å². The first-order valence-corrected chi connectivity index (χ1v) is 6.93. The number of para-hydroxylation sites is 1. The number of methoxy groups -OCH3 is 1. The minimum absolute atomic E-state index is 0.00708. The lowest BCUT2D eigenvalue weighted by molar-refractivity contribution is 0.0456. The number of carbonyl (C=O) groups excluding carboxylic acids is 1. The molecular formula is C16H18FNO4. The SMILES string of the molecule is COc1ccccc1-c1noc(CF)c1C(=O)OCC(C)C. The van der Waals surface area contributed by atoms with E-state index in [1.54, 1.807) is 24.3 Å². The third-order valence-electron chi connectivity index (χ3n) is 3.00. The zero-order chi connectivity index (χ0) is 16.1. The van der Waals surface area contributed by atoms with Gasteiger partial charge in [0.05, 0.1) is 13.7 Å². The number of ether oxygens (including phenoxy) is 2. The van der Waals surface area contributed by atoms with Crippen molar-refractivity contribution in [2.75, 3.05) is 13.7 Å². The van der Waals surface area contributed by atoms with E-state index in [0.29, 0.717) is 11.3 Å². The number of hydrogen-bond donors (Lipinski definition) is 0. The Morgan fingerprint density at radius 2 is 2.09 bits per heavy atom. The monoisotopic (exact) mass is 307 g/mol. The second-order valence-electron chi connectivity index (χ2n) is 5.16. The smallest absolute Gasteiger partial charge is 0.344 e. The molecule has 0 atom stereocenters. The van der Waals surface area contributed by atoms with Crippen molar-refractivity contribution >= 4 is 5.97 Å². The lowest BCUT2D eigenvalue weighted by Crippen LogP contribution is -2.12. The van der Waals surface area contributed by atoms with Gasteiger partial charge in [0, 0.05) is 5.56 Å². The maximum Gasteiger partial charge on any atom is 0.344 e. The zero-order valence-electron chi connectivity index (χ0n) is 12.8. The average molecular weight is 307 g/mol. The molecule has 0 radical (unpaired) electrons. The van der Waals surface area contributed by atoms with Crippen LogP contribution in [0.3, 0.4) is 0 Å². The number of hydrogen-bond acceptors (Lipinski definition) is 5.